The van der Waals surface area contributed by atoms with Crippen LogP contribution in [0, 0.1) is 0 Å². The number of rotatable bonds is 12. The van der Waals surface area contributed by atoms with E-state index in [1.54, 1.807) is 55.5 Å². The third-order valence-electron chi connectivity index (χ3n) is 6.49. The number of carbonyl (C=O) groups is 2. The number of hydrogen-bond donors (Lipinski definition) is 1. The van der Waals surface area contributed by atoms with Gasteiger partial charge >= 0.3 is 0 Å². The molecule has 2 amide bonds. The first-order valence-corrected chi connectivity index (χ1v) is 14.9. The number of methoxy groups -OCH3 is 1. The van der Waals surface area contributed by atoms with Crippen molar-refractivity contribution < 1.29 is 22.7 Å². The van der Waals surface area contributed by atoms with Crippen LogP contribution >= 0.6 is 23.2 Å². The van der Waals surface area contributed by atoms with E-state index in [0.717, 1.165) is 4.31 Å². The van der Waals surface area contributed by atoms with E-state index < -0.39 is 28.5 Å². The van der Waals surface area contributed by atoms with Gasteiger partial charge in [0.15, 0.2) is 0 Å². The predicted molar refractivity (Wildman–Crippen MR) is 158 cm³/mol. The third kappa shape index (κ3) is 7.47. The third-order valence-corrected chi connectivity index (χ3v) is 8.86. The lowest BCUT2D eigenvalue weighted by Gasteiger charge is -2.33. The molecule has 3 rings (SSSR count). The largest absolute Gasteiger partial charge is 0.495 e. The van der Waals surface area contributed by atoms with Gasteiger partial charge in [-0.15, -0.1) is 0 Å². The summed E-state index contributed by atoms with van der Waals surface area (Å²) in [4.78, 5) is 28.5. The lowest BCUT2D eigenvalue weighted by Crippen LogP contribution is -2.52. The van der Waals surface area contributed by atoms with Gasteiger partial charge in [0.2, 0.25) is 11.8 Å². The van der Waals surface area contributed by atoms with E-state index in [1.165, 1.54) is 36.3 Å². The maximum Gasteiger partial charge on any atom is 0.264 e. The van der Waals surface area contributed by atoms with E-state index in [-0.39, 0.29) is 39.8 Å². The van der Waals surface area contributed by atoms with Gasteiger partial charge in [0, 0.05) is 22.6 Å². The van der Waals surface area contributed by atoms with Crippen LogP contribution < -0.4 is 14.4 Å². The van der Waals surface area contributed by atoms with Crippen LogP contribution in [0.3, 0.4) is 0 Å². The molecule has 0 saturated heterocycles. The molecule has 0 fully saturated rings. The van der Waals surface area contributed by atoms with E-state index in [9.17, 15) is 18.0 Å². The van der Waals surface area contributed by atoms with Crippen LogP contribution in [0.5, 0.6) is 5.75 Å². The zero-order valence-electron chi connectivity index (χ0n) is 22.8. The highest BCUT2D eigenvalue weighted by molar-refractivity contribution is 7.92. The van der Waals surface area contributed by atoms with Crippen LogP contribution in [0.4, 0.5) is 5.69 Å². The Morgan fingerprint density at radius 3 is 2.25 bits per heavy atom. The van der Waals surface area contributed by atoms with E-state index >= 15 is 0 Å². The van der Waals surface area contributed by atoms with Crippen molar-refractivity contribution >= 4 is 50.7 Å². The number of carbonyl (C=O) groups excluding carboxylic acids is 2. The number of halogens is 2. The predicted octanol–water partition coefficient (Wildman–Crippen LogP) is 5.53. The summed E-state index contributed by atoms with van der Waals surface area (Å²) >= 11 is 12.7. The molecule has 0 heterocycles. The molecule has 0 spiro atoms. The van der Waals surface area contributed by atoms with Gasteiger partial charge in [-0.3, -0.25) is 13.9 Å². The van der Waals surface area contributed by atoms with Crippen LogP contribution in [0.2, 0.25) is 10.0 Å². The van der Waals surface area contributed by atoms with Gasteiger partial charge in [-0.25, -0.2) is 8.42 Å². The Labute approximate surface area is 245 Å². The SMILES string of the molecule is CCC(C)NC(=O)C(C)N(Cc1ccccc1Cl)C(=O)CN(c1cc(Cl)ccc1OC)S(=O)(=O)c1ccccc1. The number of ether oxygens (including phenoxy) is 1. The van der Waals surface area contributed by atoms with Crippen molar-refractivity contribution in [3.63, 3.8) is 0 Å². The number of amides is 2. The fraction of sp³-hybridized carbons (Fsp3) is 0.310. The molecular weight excluding hydrogens is 573 g/mol. The van der Waals surface area contributed by atoms with Gasteiger partial charge in [0.05, 0.1) is 17.7 Å². The van der Waals surface area contributed by atoms with Crippen molar-refractivity contribution in [3.8, 4) is 5.75 Å². The van der Waals surface area contributed by atoms with Crippen LogP contribution in [0.1, 0.15) is 32.8 Å². The topological polar surface area (TPSA) is 96.0 Å². The fourth-order valence-electron chi connectivity index (χ4n) is 3.95. The summed E-state index contributed by atoms with van der Waals surface area (Å²) < 4.78 is 34.2. The molecule has 0 radical (unpaired) electrons. The maximum absolute atomic E-state index is 14.0. The van der Waals surface area contributed by atoms with Gasteiger partial charge in [-0.2, -0.15) is 0 Å². The monoisotopic (exact) mass is 605 g/mol. The van der Waals surface area contributed by atoms with Gasteiger partial charge < -0.3 is 15.0 Å². The molecule has 0 saturated carbocycles. The Balaban J connectivity index is 2.09. The van der Waals surface area contributed by atoms with Crippen molar-refractivity contribution in [1.29, 1.82) is 0 Å². The summed E-state index contributed by atoms with van der Waals surface area (Å²) in [5, 5.41) is 3.57. The quantitative estimate of drug-likeness (QED) is 0.293. The molecule has 3 aromatic carbocycles. The Hall–Kier alpha value is -3.27. The van der Waals surface area contributed by atoms with Crippen LogP contribution in [0.15, 0.2) is 77.7 Å². The summed E-state index contributed by atoms with van der Waals surface area (Å²) in [7, 11) is -2.87. The minimum atomic E-state index is -4.26. The normalized spacial score (nSPS) is 12.8. The molecule has 11 heteroatoms. The van der Waals surface area contributed by atoms with E-state index in [1.807, 2.05) is 13.8 Å². The summed E-state index contributed by atoms with van der Waals surface area (Å²) in [6, 6.07) is 18.2. The average Bonchev–Trinajstić information content (AvgIpc) is 2.95. The molecule has 40 heavy (non-hydrogen) atoms. The molecule has 8 nitrogen and oxygen atoms in total. The van der Waals surface area contributed by atoms with Crippen LogP contribution in [-0.2, 0) is 26.2 Å². The Morgan fingerprint density at radius 2 is 1.62 bits per heavy atom. The lowest BCUT2D eigenvalue weighted by molar-refractivity contribution is -0.139. The minimum Gasteiger partial charge on any atom is -0.495 e. The standard InChI is InChI=1S/C29H33Cl2N3O5S/c1-5-20(2)32-29(36)21(3)33(18-22-11-9-10-14-25(22)31)28(35)19-34(26-17-23(30)15-16-27(26)39-4)40(37,38)24-12-7-6-8-13-24/h6-17,20-21H,5,18-19H2,1-4H3,(H,32,36). The minimum absolute atomic E-state index is 0.0144. The lowest BCUT2D eigenvalue weighted by atomic mass is 10.1. The second kappa shape index (κ2) is 13.9. The van der Waals surface area contributed by atoms with Gasteiger partial charge in [-0.05, 0) is 62.2 Å². The van der Waals surface area contributed by atoms with E-state index in [4.69, 9.17) is 27.9 Å². The molecule has 3 aromatic rings. The first-order valence-electron chi connectivity index (χ1n) is 12.7. The number of nitrogens with one attached hydrogen (secondary N) is 1. The number of anilines is 1. The van der Waals surface area contributed by atoms with Crippen molar-refractivity contribution in [1.82, 2.24) is 10.2 Å². The molecule has 0 aromatic heterocycles. The summed E-state index contributed by atoms with van der Waals surface area (Å²) in [5.41, 5.74) is 0.695. The van der Waals surface area contributed by atoms with Crippen molar-refractivity contribution in [2.24, 2.45) is 0 Å². The van der Waals surface area contributed by atoms with Gasteiger partial charge in [0.1, 0.15) is 18.3 Å². The number of sulfonamides is 1. The molecule has 0 aliphatic heterocycles. The molecule has 2 unspecified atom stereocenters. The number of benzene rings is 3. The van der Waals surface area contributed by atoms with E-state index in [0.29, 0.717) is 17.0 Å². The zero-order chi connectivity index (χ0) is 29.4. The first kappa shape index (κ1) is 31.3. The molecule has 214 valence electrons. The Kier molecular flexibility index (Phi) is 10.8. The van der Waals surface area contributed by atoms with E-state index in [2.05, 4.69) is 5.32 Å². The Bertz CT molecular complexity index is 1440. The zero-order valence-corrected chi connectivity index (χ0v) is 25.1. The molecule has 2 atom stereocenters. The van der Waals surface area contributed by atoms with Crippen molar-refractivity contribution in [2.75, 3.05) is 18.0 Å². The van der Waals surface area contributed by atoms with Gasteiger partial charge in [0.25, 0.3) is 10.0 Å². The highest BCUT2D eigenvalue weighted by Crippen LogP contribution is 2.35. The summed E-state index contributed by atoms with van der Waals surface area (Å²) in [6.07, 6.45) is 0.703. The number of nitrogens with zero attached hydrogens (tertiary/aromatic N) is 2. The average molecular weight is 607 g/mol. The fourth-order valence-corrected chi connectivity index (χ4v) is 5.75. The second-order valence-corrected chi connectivity index (χ2v) is 12.0. The molecular formula is C29H33Cl2N3O5S. The maximum atomic E-state index is 14.0. The molecule has 1 N–H and O–H groups in total. The van der Waals surface area contributed by atoms with Crippen LogP contribution in [-0.4, -0.2) is 50.9 Å². The van der Waals surface area contributed by atoms with Crippen LogP contribution in [0.25, 0.3) is 0 Å². The summed E-state index contributed by atoms with van der Waals surface area (Å²) in [6.45, 7) is 4.76. The summed E-state index contributed by atoms with van der Waals surface area (Å²) in [5.74, 6) is -0.780. The molecule has 0 bridgehead atoms. The number of hydrogen-bond acceptors (Lipinski definition) is 5. The highest BCUT2D eigenvalue weighted by atomic mass is 35.5. The Morgan fingerprint density at radius 1 is 0.975 bits per heavy atom. The smallest absolute Gasteiger partial charge is 0.264 e. The first-order chi connectivity index (χ1) is 19.0. The van der Waals surface area contributed by atoms with Gasteiger partial charge in [-0.1, -0.05) is 66.5 Å². The second-order valence-electron chi connectivity index (χ2n) is 9.25. The van der Waals surface area contributed by atoms with Crippen molar-refractivity contribution in [3.05, 3.63) is 88.4 Å². The molecule has 0 aliphatic rings. The highest BCUT2D eigenvalue weighted by Gasteiger charge is 2.34. The van der Waals surface area contributed by atoms with Crippen molar-refractivity contribution in [2.45, 2.75) is 50.7 Å². The molecule has 0 aliphatic carbocycles.